The first kappa shape index (κ1) is 19.3. The summed E-state index contributed by atoms with van der Waals surface area (Å²) in [6.07, 6.45) is 1.53. The molecule has 1 atom stereocenters. The number of hydrogen-bond acceptors (Lipinski definition) is 4. The third kappa shape index (κ3) is 3.54. The number of halogens is 2. The van der Waals surface area contributed by atoms with Crippen LogP contribution in [0.15, 0.2) is 36.5 Å². The molecule has 0 bridgehead atoms. The van der Waals surface area contributed by atoms with Crippen LogP contribution < -0.4 is 4.74 Å². The lowest BCUT2D eigenvalue weighted by Crippen LogP contribution is -2.42. The zero-order valence-corrected chi connectivity index (χ0v) is 16.3. The first-order valence-electron chi connectivity index (χ1n) is 9.62. The molecule has 1 saturated heterocycles. The smallest absolute Gasteiger partial charge is 0.280 e. The second kappa shape index (κ2) is 7.77. The predicted molar refractivity (Wildman–Crippen MR) is 104 cm³/mol. The van der Waals surface area contributed by atoms with Crippen LogP contribution in [0.25, 0.3) is 16.9 Å². The molecule has 0 radical (unpaired) electrons. The van der Waals surface area contributed by atoms with E-state index >= 15 is 0 Å². The Hall–Kier alpha value is -3.03. The molecule has 3 heterocycles. The highest BCUT2D eigenvalue weighted by Crippen LogP contribution is 2.29. The number of ether oxygens (including phenoxy) is 1. The molecule has 1 aliphatic heterocycles. The van der Waals surface area contributed by atoms with Crippen LogP contribution in [0.1, 0.15) is 48.7 Å². The molecule has 3 aromatic rings. The van der Waals surface area contributed by atoms with Gasteiger partial charge in [-0.15, -0.1) is 0 Å². The van der Waals surface area contributed by atoms with Crippen molar-refractivity contribution in [3.8, 4) is 17.0 Å². The molecular formula is C21H22F2N4O2. The SMILES string of the molecule is COc1ccc(-c2cc(C(F)F)n3ncc(C(=O)N4CCCC[C@H]4C)c3n2)cc1. The summed E-state index contributed by atoms with van der Waals surface area (Å²) in [6.45, 7) is 2.65. The molecule has 6 nitrogen and oxygen atoms in total. The van der Waals surface area contributed by atoms with Crippen LogP contribution >= 0.6 is 0 Å². The van der Waals surface area contributed by atoms with Crippen LogP contribution in [-0.4, -0.2) is 45.1 Å². The molecule has 1 aromatic carbocycles. The van der Waals surface area contributed by atoms with Crippen molar-refractivity contribution in [2.24, 2.45) is 0 Å². The van der Waals surface area contributed by atoms with Crippen molar-refractivity contribution in [1.82, 2.24) is 19.5 Å². The van der Waals surface area contributed by atoms with Crippen molar-refractivity contribution >= 4 is 11.6 Å². The number of carbonyl (C=O) groups is 1. The van der Waals surface area contributed by atoms with E-state index in [0.717, 1.165) is 23.8 Å². The Morgan fingerprint density at radius 2 is 2.00 bits per heavy atom. The zero-order chi connectivity index (χ0) is 20.5. The normalized spacial score (nSPS) is 17.1. The van der Waals surface area contributed by atoms with Crippen molar-refractivity contribution in [2.45, 2.75) is 38.7 Å². The number of amides is 1. The van der Waals surface area contributed by atoms with Crippen molar-refractivity contribution in [3.63, 3.8) is 0 Å². The summed E-state index contributed by atoms with van der Waals surface area (Å²) in [5, 5.41) is 4.05. The summed E-state index contributed by atoms with van der Waals surface area (Å²) < 4.78 is 33.7. The summed E-state index contributed by atoms with van der Waals surface area (Å²) in [5.74, 6) is 0.440. The van der Waals surface area contributed by atoms with Crippen LogP contribution in [-0.2, 0) is 0 Å². The van der Waals surface area contributed by atoms with Gasteiger partial charge in [0, 0.05) is 18.2 Å². The third-order valence-corrected chi connectivity index (χ3v) is 5.40. The molecule has 0 saturated carbocycles. The lowest BCUT2D eigenvalue weighted by atomic mass is 10.0. The van der Waals surface area contributed by atoms with E-state index < -0.39 is 6.43 Å². The van der Waals surface area contributed by atoms with Gasteiger partial charge in [-0.25, -0.2) is 18.3 Å². The second-order valence-corrected chi connectivity index (χ2v) is 7.23. The minimum absolute atomic E-state index is 0.102. The molecule has 1 fully saturated rings. The number of likely N-dealkylation sites (tertiary alicyclic amines) is 1. The fourth-order valence-electron chi connectivity index (χ4n) is 3.76. The van der Waals surface area contributed by atoms with Gasteiger partial charge in [0.2, 0.25) is 0 Å². The van der Waals surface area contributed by atoms with Crippen molar-refractivity contribution < 1.29 is 18.3 Å². The predicted octanol–water partition coefficient (Wildman–Crippen LogP) is 4.36. The van der Waals surface area contributed by atoms with Gasteiger partial charge in [-0.1, -0.05) is 0 Å². The molecule has 8 heteroatoms. The molecule has 4 rings (SSSR count). The van der Waals surface area contributed by atoms with Gasteiger partial charge in [0.25, 0.3) is 12.3 Å². The number of benzene rings is 1. The number of hydrogen-bond donors (Lipinski definition) is 0. The Bertz CT molecular complexity index is 1030. The first-order chi connectivity index (χ1) is 14.0. The first-order valence-corrected chi connectivity index (χ1v) is 9.62. The van der Waals surface area contributed by atoms with Gasteiger partial charge in [0.1, 0.15) is 17.0 Å². The largest absolute Gasteiger partial charge is 0.497 e. The molecule has 29 heavy (non-hydrogen) atoms. The van der Waals surface area contributed by atoms with Gasteiger partial charge in [-0.3, -0.25) is 4.79 Å². The number of methoxy groups -OCH3 is 1. The maximum atomic E-state index is 13.7. The Morgan fingerprint density at radius 3 is 2.66 bits per heavy atom. The fraction of sp³-hybridized carbons (Fsp3) is 0.381. The average Bonchev–Trinajstić information content (AvgIpc) is 3.17. The maximum Gasteiger partial charge on any atom is 0.280 e. The fourth-order valence-corrected chi connectivity index (χ4v) is 3.76. The number of rotatable bonds is 4. The molecule has 0 unspecified atom stereocenters. The molecule has 0 spiro atoms. The highest BCUT2D eigenvalue weighted by Gasteiger charge is 2.28. The van der Waals surface area contributed by atoms with E-state index in [9.17, 15) is 13.6 Å². The lowest BCUT2D eigenvalue weighted by molar-refractivity contribution is 0.0637. The highest BCUT2D eigenvalue weighted by atomic mass is 19.3. The Morgan fingerprint density at radius 1 is 1.24 bits per heavy atom. The Labute approximate surface area is 167 Å². The minimum atomic E-state index is -2.76. The van der Waals surface area contributed by atoms with Crippen LogP contribution in [0.4, 0.5) is 8.78 Å². The third-order valence-electron chi connectivity index (χ3n) is 5.40. The molecular weight excluding hydrogens is 378 g/mol. The van der Waals surface area contributed by atoms with Crippen molar-refractivity contribution in [1.29, 1.82) is 0 Å². The lowest BCUT2D eigenvalue weighted by Gasteiger charge is -2.33. The van der Waals surface area contributed by atoms with Crippen LogP contribution in [0.3, 0.4) is 0 Å². The quantitative estimate of drug-likeness (QED) is 0.653. The summed E-state index contributed by atoms with van der Waals surface area (Å²) in [5.41, 5.74) is 1.11. The molecule has 0 aliphatic carbocycles. The van der Waals surface area contributed by atoms with Gasteiger partial charge in [0.15, 0.2) is 5.65 Å². The number of carbonyl (C=O) groups excluding carboxylic acids is 1. The van der Waals surface area contributed by atoms with Crippen LogP contribution in [0.2, 0.25) is 0 Å². The van der Waals surface area contributed by atoms with E-state index in [1.165, 1.54) is 12.3 Å². The number of alkyl halides is 2. The van der Waals surface area contributed by atoms with Crippen molar-refractivity contribution in [2.75, 3.05) is 13.7 Å². The average molecular weight is 400 g/mol. The summed E-state index contributed by atoms with van der Waals surface area (Å²) >= 11 is 0. The van der Waals surface area contributed by atoms with E-state index in [1.807, 2.05) is 6.92 Å². The molecule has 0 N–H and O–H groups in total. The van der Waals surface area contributed by atoms with E-state index in [-0.39, 0.29) is 28.9 Å². The topological polar surface area (TPSA) is 59.7 Å². The number of fused-ring (bicyclic) bond motifs is 1. The maximum absolute atomic E-state index is 13.7. The summed E-state index contributed by atoms with van der Waals surface area (Å²) in [6, 6.07) is 8.38. The Balaban J connectivity index is 1.82. The molecule has 2 aromatic heterocycles. The van der Waals surface area contributed by atoms with E-state index in [2.05, 4.69) is 10.1 Å². The van der Waals surface area contributed by atoms with Gasteiger partial charge >= 0.3 is 0 Å². The summed E-state index contributed by atoms with van der Waals surface area (Å²) in [7, 11) is 1.56. The van der Waals surface area contributed by atoms with E-state index in [1.54, 1.807) is 36.3 Å². The number of aromatic nitrogens is 3. The zero-order valence-electron chi connectivity index (χ0n) is 16.3. The standard InChI is InChI=1S/C21H22F2N4O2/c1-13-5-3-4-10-26(13)21(28)16-12-24-27-18(19(22)23)11-17(25-20(16)27)14-6-8-15(29-2)9-7-14/h6-9,11-13,19H,3-5,10H2,1-2H3/t13-/m1/s1. The van der Waals surface area contributed by atoms with E-state index in [4.69, 9.17) is 4.74 Å². The highest BCUT2D eigenvalue weighted by molar-refractivity contribution is 6.00. The van der Waals surface area contributed by atoms with Crippen LogP contribution in [0, 0.1) is 0 Å². The monoisotopic (exact) mass is 400 g/mol. The van der Waals surface area contributed by atoms with Gasteiger partial charge in [-0.05, 0) is 56.5 Å². The second-order valence-electron chi connectivity index (χ2n) is 7.23. The molecule has 152 valence electrons. The Kier molecular flexibility index (Phi) is 5.17. The van der Waals surface area contributed by atoms with Gasteiger partial charge in [0.05, 0.1) is 19.0 Å². The van der Waals surface area contributed by atoms with Gasteiger partial charge < -0.3 is 9.64 Å². The molecule has 1 aliphatic rings. The van der Waals surface area contributed by atoms with E-state index in [0.29, 0.717) is 23.6 Å². The number of piperidine rings is 1. The number of nitrogens with zero attached hydrogens (tertiary/aromatic N) is 4. The minimum Gasteiger partial charge on any atom is -0.497 e. The summed E-state index contributed by atoms with van der Waals surface area (Å²) in [4.78, 5) is 19.4. The van der Waals surface area contributed by atoms with Gasteiger partial charge in [-0.2, -0.15) is 5.10 Å². The van der Waals surface area contributed by atoms with Crippen molar-refractivity contribution in [3.05, 3.63) is 47.8 Å². The molecule has 1 amide bonds. The van der Waals surface area contributed by atoms with Crippen LogP contribution in [0.5, 0.6) is 5.75 Å².